The van der Waals surface area contributed by atoms with Crippen LogP contribution in [-0.4, -0.2) is 39.7 Å². The predicted octanol–water partition coefficient (Wildman–Crippen LogP) is 5.41. The minimum Gasteiger partial charge on any atom is -0.480 e. The summed E-state index contributed by atoms with van der Waals surface area (Å²) in [6, 6.07) is 5.92. The molecular weight excluding hydrogens is 418 g/mol. The fourth-order valence-corrected chi connectivity index (χ4v) is 2.77. The maximum atomic E-state index is 12.0. The molecule has 0 spiro atoms. The number of benzene rings is 1. The molecule has 9 heteroatoms. The van der Waals surface area contributed by atoms with Gasteiger partial charge >= 0.3 is 12.1 Å². The molecule has 1 heterocycles. The lowest BCUT2D eigenvalue weighted by Crippen LogP contribution is -2.38. The molecule has 2 amide bonds. The number of amides is 2. The number of ether oxygens (including phenoxy) is 1. The van der Waals surface area contributed by atoms with E-state index in [2.05, 4.69) is 15.6 Å². The van der Waals surface area contributed by atoms with E-state index in [0.29, 0.717) is 10.7 Å². The number of rotatable bonds is 5. The summed E-state index contributed by atoms with van der Waals surface area (Å²) in [7, 11) is 0. The first-order valence-corrected chi connectivity index (χ1v) is 11.0. The van der Waals surface area contributed by atoms with Crippen molar-refractivity contribution in [1.82, 2.24) is 10.3 Å². The van der Waals surface area contributed by atoms with Crippen LogP contribution in [0.1, 0.15) is 65.9 Å². The highest BCUT2D eigenvalue weighted by molar-refractivity contribution is 7.13. The van der Waals surface area contributed by atoms with Gasteiger partial charge in [-0.25, -0.2) is 9.78 Å². The molecule has 3 N–H and O–H groups in total. The summed E-state index contributed by atoms with van der Waals surface area (Å²) in [5.41, 5.74) is 0.900. The van der Waals surface area contributed by atoms with Gasteiger partial charge in [-0.2, -0.15) is 0 Å². The van der Waals surface area contributed by atoms with E-state index < -0.39 is 29.6 Å². The molecule has 0 fully saturated rings. The SMILES string of the molecule is CC.CC.CC(NC(=O)c1csc(-c2ccc(NC(=O)OC(C)(C)C)cc2)n1)C(=O)O. The Kier molecular flexibility index (Phi) is 12.1. The number of aliphatic carboxylic acids is 1. The molecular formula is C22H33N3O5S. The minimum atomic E-state index is -1.12. The van der Waals surface area contributed by atoms with Gasteiger partial charge in [0.2, 0.25) is 0 Å². The zero-order valence-electron chi connectivity index (χ0n) is 19.4. The molecule has 2 rings (SSSR count). The first-order valence-electron chi connectivity index (χ1n) is 10.1. The fourth-order valence-electron chi connectivity index (χ4n) is 1.96. The number of hydrogen-bond donors (Lipinski definition) is 3. The number of nitrogens with zero attached hydrogens (tertiary/aromatic N) is 1. The van der Waals surface area contributed by atoms with Crippen molar-refractivity contribution in [3.63, 3.8) is 0 Å². The molecule has 0 saturated carbocycles. The van der Waals surface area contributed by atoms with Gasteiger partial charge in [0.1, 0.15) is 22.3 Å². The number of carboxylic acid groups (broad SMARTS) is 1. The fraction of sp³-hybridized carbons (Fsp3) is 0.455. The zero-order valence-corrected chi connectivity index (χ0v) is 20.2. The van der Waals surface area contributed by atoms with E-state index in [-0.39, 0.29) is 5.69 Å². The molecule has 0 aliphatic carbocycles. The Bertz CT molecular complexity index is 842. The molecule has 2 aromatic rings. The van der Waals surface area contributed by atoms with E-state index in [1.165, 1.54) is 18.3 Å². The van der Waals surface area contributed by atoms with E-state index in [1.807, 2.05) is 27.7 Å². The summed E-state index contributed by atoms with van der Waals surface area (Å²) >= 11 is 1.26. The van der Waals surface area contributed by atoms with Crippen LogP contribution in [0.2, 0.25) is 0 Å². The van der Waals surface area contributed by atoms with Gasteiger partial charge in [-0.3, -0.25) is 14.9 Å². The summed E-state index contributed by atoms with van der Waals surface area (Å²) in [6.45, 7) is 14.7. The molecule has 1 atom stereocenters. The van der Waals surface area contributed by atoms with Crippen LogP contribution in [0.15, 0.2) is 29.6 Å². The maximum absolute atomic E-state index is 12.0. The number of carbonyl (C=O) groups excluding carboxylic acids is 2. The van der Waals surface area contributed by atoms with E-state index in [4.69, 9.17) is 9.84 Å². The molecule has 1 unspecified atom stereocenters. The Balaban J connectivity index is 0.00000212. The number of nitrogens with one attached hydrogen (secondary N) is 2. The van der Waals surface area contributed by atoms with Gasteiger partial charge in [0, 0.05) is 16.6 Å². The summed E-state index contributed by atoms with van der Waals surface area (Å²) in [5.74, 6) is -1.66. The van der Waals surface area contributed by atoms with Crippen molar-refractivity contribution < 1.29 is 24.2 Å². The third kappa shape index (κ3) is 10.1. The van der Waals surface area contributed by atoms with E-state index in [1.54, 1.807) is 50.4 Å². The first-order chi connectivity index (χ1) is 14.5. The number of hydrogen-bond acceptors (Lipinski definition) is 6. The lowest BCUT2D eigenvalue weighted by molar-refractivity contribution is -0.138. The van der Waals surface area contributed by atoms with Crippen LogP contribution in [0.5, 0.6) is 0 Å². The summed E-state index contributed by atoms with van der Waals surface area (Å²) in [6.07, 6.45) is -0.545. The van der Waals surface area contributed by atoms with Gasteiger partial charge in [0.15, 0.2) is 0 Å². The van der Waals surface area contributed by atoms with Crippen molar-refractivity contribution in [3.05, 3.63) is 35.3 Å². The molecule has 0 aliphatic heterocycles. The molecule has 31 heavy (non-hydrogen) atoms. The number of carbonyl (C=O) groups is 3. The predicted molar refractivity (Wildman–Crippen MR) is 125 cm³/mol. The highest BCUT2D eigenvalue weighted by Crippen LogP contribution is 2.25. The van der Waals surface area contributed by atoms with Crippen molar-refractivity contribution in [3.8, 4) is 10.6 Å². The molecule has 0 saturated heterocycles. The largest absolute Gasteiger partial charge is 0.480 e. The number of anilines is 1. The highest BCUT2D eigenvalue weighted by Gasteiger charge is 2.18. The Morgan fingerprint density at radius 1 is 1.06 bits per heavy atom. The molecule has 8 nitrogen and oxygen atoms in total. The first kappa shape index (κ1) is 28.1. The normalized spacial score (nSPS) is 11.0. The summed E-state index contributed by atoms with van der Waals surface area (Å²) in [5, 5.41) is 16.0. The quantitative estimate of drug-likeness (QED) is 0.559. The van der Waals surface area contributed by atoms with E-state index >= 15 is 0 Å². The number of aromatic nitrogens is 1. The molecule has 0 radical (unpaired) electrons. The van der Waals surface area contributed by atoms with Crippen LogP contribution in [0.3, 0.4) is 0 Å². The third-order valence-electron chi connectivity index (χ3n) is 3.23. The molecule has 172 valence electrons. The lowest BCUT2D eigenvalue weighted by atomic mass is 10.2. The van der Waals surface area contributed by atoms with Crippen LogP contribution < -0.4 is 10.6 Å². The smallest absolute Gasteiger partial charge is 0.412 e. The second kappa shape index (κ2) is 13.4. The zero-order chi connectivity index (χ0) is 24.2. The average Bonchev–Trinajstić information content (AvgIpc) is 3.20. The lowest BCUT2D eigenvalue weighted by Gasteiger charge is -2.19. The second-order valence-electron chi connectivity index (χ2n) is 6.78. The van der Waals surface area contributed by atoms with E-state index in [0.717, 1.165) is 5.56 Å². The number of thiazole rings is 1. The van der Waals surface area contributed by atoms with Gasteiger partial charge in [-0.05, 0) is 52.0 Å². The van der Waals surface area contributed by atoms with Gasteiger partial charge in [0.25, 0.3) is 5.91 Å². The Hall–Kier alpha value is -2.94. The Morgan fingerprint density at radius 3 is 2.10 bits per heavy atom. The van der Waals surface area contributed by atoms with Crippen molar-refractivity contribution >= 4 is 35.0 Å². The third-order valence-corrected chi connectivity index (χ3v) is 4.12. The maximum Gasteiger partial charge on any atom is 0.412 e. The van der Waals surface area contributed by atoms with Gasteiger partial charge in [0.05, 0.1) is 0 Å². The summed E-state index contributed by atoms with van der Waals surface area (Å²) in [4.78, 5) is 38.8. The molecule has 1 aromatic carbocycles. The summed E-state index contributed by atoms with van der Waals surface area (Å²) < 4.78 is 5.19. The van der Waals surface area contributed by atoms with Gasteiger partial charge < -0.3 is 15.2 Å². The van der Waals surface area contributed by atoms with Crippen LogP contribution in [0.25, 0.3) is 10.6 Å². The molecule has 1 aromatic heterocycles. The van der Waals surface area contributed by atoms with Crippen LogP contribution in [-0.2, 0) is 9.53 Å². The Morgan fingerprint density at radius 2 is 1.61 bits per heavy atom. The van der Waals surface area contributed by atoms with Crippen LogP contribution >= 0.6 is 11.3 Å². The molecule has 0 bridgehead atoms. The highest BCUT2D eigenvalue weighted by atomic mass is 32.1. The van der Waals surface area contributed by atoms with Gasteiger partial charge in [-0.15, -0.1) is 11.3 Å². The topological polar surface area (TPSA) is 118 Å². The van der Waals surface area contributed by atoms with Crippen molar-refractivity contribution in [2.75, 3.05) is 5.32 Å². The Labute approximate surface area is 188 Å². The monoisotopic (exact) mass is 451 g/mol. The van der Waals surface area contributed by atoms with E-state index in [9.17, 15) is 14.4 Å². The minimum absolute atomic E-state index is 0.152. The standard InChI is InChI=1S/C18H21N3O5S.2C2H6/c1-10(16(23)24)19-14(22)13-9-27-15(21-13)11-5-7-12(8-6-11)20-17(25)26-18(2,3)4;2*1-2/h5-10H,1-4H3,(H,19,22)(H,20,25)(H,23,24);2*1-2H3. The van der Waals surface area contributed by atoms with Crippen molar-refractivity contribution in [2.45, 2.75) is 67.0 Å². The van der Waals surface area contributed by atoms with Gasteiger partial charge in [-0.1, -0.05) is 27.7 Å². The molecule has 0 aliphatic rings. The second-order valence-corrected chi connectivity index (χ2v) is 7.63. The van der Waals surface area contributed by atoms with Crippen molar-refractivity contribution in [2.24, 2.45) is 0 Å². The van der Waals surface area contributed by atoms with Crippen LogP contribution in [0, 0.1) is 0 Å². The van der Waals surface area contributed by atoms with Crippen LogP contribution in [0.4, 0.5) is 10.5 Å². The van der Waals surface area contributed by atoms with Crippen molar-refractivity contribution in [1.29, 1.82) is 0 Å². The average molecular weight is 452 g/mol. The number of carboxylic acids is 1.